The number of nitrogens with one attached hydrogen (secondary N) is 1. The summed E-state index contributed by atoms with van der Waals surface area (Å²) in [7, 11) is 1.13. The summed E-state index contributed by atoms with van der Waals surface area (Å²) in [5.41, 5.74) is 7.07. The molecular weight excluding hydrogens is 428 g/mol. The smallest absolute Gasteiger partial charge is 0.408 e. The molecule has 1 aliphatic carbocycles. The van der Waals surface area contributed by atoms with E-state index in [0.717, 1.165) is 24.7 Å². The van der Waals surface area contributed by atoms with Crippen molar-refractivity contribution in [3.05, 3.63) is 71.3 Å². The molecule has 1 fully saturated rings. The van der Waals surface area contributed by atoms with Gasteiger partial charge in [-0.1, -0.05) is 54.6 Å². The van der Waals surface area contributed by atoms with Crippen LogP contribution in [0.1, 0.15) is 29.5 Å². The molecule has 1 amide bonds. The largest absolute Gasteiger partial charge is 0.481 e. The van der Waals surface area contributed by atoms with E-state index < -0.39 is 47.7 Å². The number of Topliss-reactive ketones (excluding diaryl/α,β-unsaturated/α-hetero) is 1. The number of hydrogen-bond donors (Lipinski definition) is 3. The van der Waals surface area contributed by atoms with Crippen LogP contribution in [0.5, 0.6) is 0 Å². The van der Waals surface area contributed by atoms with E-state index in [9.17, 15) is 19.2 Å². The Bertz CT molecular complexity index is 1020. The molecule has 33 heavy (non-hydrogen) atoms. The average Bonchev–Trinajstić information content (AvgIpc) is 3.52. The summed E-state index contributed by atoms with van der Waals surface area (Å²) in [4.78, 5) is 47.8. The van der Waals surface area contributed by atoms with Crippen LogP contribution in [0.4, 0.5) is 4.79 Å². The van der Waals surface area contributed by atoms with E-state index in [2.05, 4.69) is 5.32 Å². The van der Waals surface area contributed by atoms with E-state index in [1.54, 1.807) is 0 Å². The van der Waals surface area contributed by atoms with Gasteiger partial charge in [-0.25, -0.2) is 9.59 Å². The molecule has 0 radical (unpaired) electrons. The van der Waals surface area contributed by atoms with E-state index in [-0.39, 0.29) is 13.0 Å². The van der Waals surface area contributed by atoms with Gasteiger partial charge in [0.05, 0.1) is 25.5 Å². The Balaban J connectivity index is 1.55. The number of esters is 1. The summed E-state index contributed by atoms with van der Waals surface area (Å²) < 4.78 is 9.94. The molecule has 2 unspecified atom stereocenters. The number of carbonyl (C=O) groups is 4. The molecule has 0 spiro atoms. The Kier molecular flexibility index (Phi) is 7.44. The lowest BCUT2D eigenvalue weighted by atomic mass is 10.0. The lowest BCUT2D eigenvalue weighted by molar-refractivity contribution is -0.145. The zero-order chi connectivity index (χ0) is 24.0. The van der Waals surface area contributed by atoms with Crippen molar-refractivity contribution in [2.45, 2.75) is 37.5 Å². The van der Waals surface area contributed by atoms with Crippen molar-refractivity contribution in [3.8, 4) is 0 Å². The van der Waals surface area contributed by atoms with Gasteiger partial charge in [-0.3, -0.25) is 9.59 Å². The molecule has 0 saturated heterocycles. The predicted octanol–water partition coefficient (Wildman–Crippen LogP) is 1.81. The number of rotatable bonds is 10. The van der Waals surface area contributed by atoms with Crippen molar-refractivity contribution < 1.29 is 33.8 Å². The number of alkyl carbamates (subject to hydrolysis) is 1. The second-order valence-corrected chi connectivity index (χ2v) is 8.01. The van der Waals surface area contributed by atoms with Gasteiger partial charge in [0.2, 0.25) is 0 Å². The molecule has 2 aromatic carbocycles. The molecular formula is C24H26N2O7. The Morgan fingerprint density at radius 1 is 1.06 bits per heavy atom. The topological polar surface area (TPSA) is 145 Å². The zero-order valence-electron chi connectivity index (χ0n) is 18.2. The van der Waals surface area contributed by atoms with Crippen LogP contribution in [0.3, 0.4) is 0 Å². The van der Waals surface area contributed by atoms with E-state index >= 15 is 0 Å². The maximum absolute atomic E-state index is 12.4. The number of ether oxygens (including phenoxy) is 2. The molecule has 1 aliphatic rings. The normalized spacial score (nSPS) is 19.8. The highest BCUT2D eigenvalue weighted by Crippen LogP contribution is 2.46. The van der Waals surface area contributed by atoms with Crippen LogP contribution in [-0.4, -0.2) is 47.6 Å². The Labute approximate surface area is 190 Å². The van der Waals surface area contributed by atoms with Crippen molar-refractivity contribution >= 4 is 23.8 Å². The van der Waals surface area contributed by atoms with Gasteiger partial charge in [0.15, 0.2) is 11.3 Å². The fourth-order valence-corrected chi connectivity index (χ4v) is 3.70. The minimum Gasteiger partial charge on any atom is -0.481 e. The number of aliphatic carboxylic acids is 1. The number of benzene rings is 2. The lowest BCUT2D eigenvalue weighted by Gasteiger charge is -2.18. The van der Waals surface area contributed by atoms with Gasteiger partial charge >= 0.3 is 18.0 Å². The molecule has 0 aromatic heterocycles. The highest BCUT2D eigenvalue weighted by molar-refractivity contribution is 6.02. The van der Waals surface area contributed by atoms with Crippen LogP contribution in [-0.2, 0) is 36.9 Å². The number of nitrogens with two attached hydrogens (primary N) is 1. The van der Waals surface area contributed by atoms with Crippen LogP contribution in [0.2, 0.25) is 0 Å². The highest BCUT2D eigenvalue weighted by atomic mass is 16.6. The van der Waals surface area contributed by atoms with Crippen LogP contribution >= 0.6 is 0 Å². The maximum atomic E-state index is 12.4. The third-order valence-electron chi connectivity index (χ3n) is 5.58. The number of carboxylic acid groups (broad SMARTS) is 1. The summed E-state index contributed by atoms with van der Waals surface area (Å²) in [6, 6.07) is 16.3. The number of methoxy groups -OCH3 is 1. The maximum Gasteiger partial charge on any atom is 0.408 e. The van der Waals surface area contributed by atoms with Gasteiger partial charge < -0.3 is 25.6 Å². The first-order valence-corrected chi connectivity index (χ1v) is 10.4. The molecule has 0 bridgehead atoms. The second-order valence-electron chi connectivity index (χ2n) is 8.01. The molecule has 174 valence electrons. The SMILES string of the molecule is COC(=O)C1(NC(=O)OCc2ccc(Cc3ccccc3)cc2)CC1C(=O)[C@@H](N)CC(=O)O. The third-order valence-corrected chi connectivity index (χ3v) is 5.58. The van der Waals surface area contributed by atoms with E-state index in [1.165, 1.54) is 5.56 Å². The van der Waals surface area contributed by atoms with Crippen LogP contribution < -0.4 is 11.1 Å². The third kappa shape index (κ3) is 5.95. The minimum atomic E-state index is -1.60. The minimum absolute atomic E-state index is 0.0326. The summed E-state index contributed by atoms with van der Waals surface area (Å²) in [5.74, 6) is -3.64. The second kappa shape index (κ2) is 10.3. The molecule has 3 rings (SSSR count). The Morgan fingerprint density at radius 2 is 1.67 bits per heavy atom. The van der Waals surface area contributed by atoms with E-state index in [0.29, 0.717) is 0 Å². The molecule has 1 saturated carbocycles. The van der Waals surface area contributed by atoms with E-state index in [4.69, 9.17) is 20.3 Å². The van der Waals surface area contributed by atoms with E-state index in [1.807, 2.05) is 54.6 Å². The van der Waals surface area contributed by atoms with Crippen molar-refractivity contribution in [1.29, 1.82) is 0 Å². The van der Waals surface area contributed by atoms with Crippen molar-refractivity contribution in [1.82, 2.24) is 5.32 Å². The molecule has 3 atom stereocenters. The summed E-state index contributed by atoms with van der Waals surface area (Å²) >= 11 is 0. The van der Waals surface area contributed by atoms with Crippen molar-refractivity contribution in [2.75, 3.05) is 7.11 Å². The van der Waals surface area contributed by atoms with Gasteiger partial charge in [0.1, 0.15) is 6.61 Å². The summed E-state index contributed by atoms with van der Waals surface area (Å²) in [5, 5.41) is 11.2. The molecule has 0 heterocycles. The number of amides is 1. The van der Waals surface area contributed by atoms with Gasteiger partial charge in [-0.15, -0.1) is 0 Å². The fraction of sp³-hybridized carbons (Fsp3) is 0.333. The Hall–Kier alpha value is -3.72. The van der Waals surface area contributed by atoms with Crippen molar-refractivity contribution in [2.24, 2.45) is 11.7 Å². The Morgan fingerprint density at radius 3 is 2.27 bits per heavy atom. The quantitative estimate of drug-likeness (QED) is 0.461. The first-order chi connectivity index (χ1) is 15.7. The van der Waals surface area contributed by atoms with Crippen molar-refractivity contribution in [3.63, 3.8) is 0 Å². The summed E-state index contributed by atoms with van der Waals surface area (Å²) in [6.07, 6.45) is -0.716. The number of carboxylic acids is 1. The molecule has 9 nitrogen and oxygen atoms in total. The predicted molar refractivity (Wildman–Crippen MR) is 117 cm³/mol. The summed E-state index contributed by atoms with van der Waals surface area (Å²) in [6.45, 7) is -0.0359. The number of carbonyl (C=O) groups excluding carboxylic acids is 3. The average molecular weight is 454 g/mol. The fourth-order valence-electron chi connectivity index (χ4n) is 3.70. The van der Waals surface area contributed by atoms with Crippen LogP contribution in [0.25, 0.3) is 0 Å². The number of hydrogen-bond acceptors (Lipinski definition) is 7. The van der Waals surface area contributed by atoms with Gasteiger partial charge in [0, 0.05) is 0 Å². The molecule has 4 N–H and O–H groups in total. The van der Waals surface area contributed by atoms with Gasteiger partial charge in [0.25, 0.3) is 0 Å². The van der Waals surface area contributed by atoms with Crippen LogP contribution in [0, 0.1) is 5.92 Å². The number of ketones is 1. The van der Waals surface area contributed by atoms with Crippen LogP contribution in [0.15, 0.2) is 54.6 Å². The molecule has 2 aromatic rings. The zero-order valence-corrected chi connectivity index (χ0v) is 18.2. The highest BCUT2D eigenvalue weighted by Gasteiger charge is 2.66. The van der Waals surface area contributed by atoms with Gasteiger partial charge in [-0.2, -0.15) is 0 Å². The standard InChI is InChI=1S/C24H26N2O7/c1-32-22(30)24(13-18(24)21(29)19(25)12-20(27)28)26-23(31)33-14-17-9-7-16(8-10-17)11-15-5-3-2-4-6-15/h2-10,18-19H,11-14,25H2,1H3,(H,26,31)(H,27,28)/t18?,19-,24?/m0/s1. The lowest BCUT2D eigenvalue weighted by Crippen LogP contribution is -2.48. The van der Waals surface area contributed by atoms with Gasteiger partial charge in [-0.05, 0) is 29.5 Å². The monoisotopic (exact) mass is 454 g/mol. The first-order valence-electron chi connectivity index (χ1n) is 10.4. The first kappa shape index (κ1) is 23.9. The molecule has 9 heteroatoms. The molecule has 0 aliphatic heterocycles.